The Morgan fingerprint density at radius 3 is 2.30 bits per heavy atom. The first-order valence-electron chi connectivity index (χ1n) is 8.09. The lowest BCUT2D eigenvalue weighted by Gasteiger charge is -2.30. The molecule has 2 nitrogen and oxygen atoms in total. The zero-order valence-electron chi connectivity index (χ0n) is 12.9. The molecule has 0 saturated carbocycles. The van der Waals surface area contributed by atoms with Crippen LogP contribution < -0.4 is 0 Å². The molecule has 114 valence electrons. The summed E-state index contributed by atoms with van der Waals surface area (Å²) >= 11 is 0. The average Bonchev–Trinajstić information content (AvgIpc) is 2.62. The Kier molecular flexibility index (Phi) is 3.58. The SMILES string of the molecule is O=C1CCCC2=C1C(c1ccccc1)C=C(c1ccccc1)O2. The van der Waals surface area contributed by atoms with Gasteiger partial charge in [-0.15, -0.1) is 0 Å². The van der Waals surface area contributed by atoms with Crippen LogP contribution in [0.15, 0.2) is 78.1 Å². The number of allylic oxidation sites excluding steroid dienone is 3. The van der Waals surface area contributed by atoms with Gasteiger partial charge in [-0.25, -0.2) is 0 Å². The molecule has 0 N–H and O–H groups in total. The molecule has 1 heterocycles. The van der Waals surface area contributed by atoms with E-state index in [1.807, 2.05) is 48.5 Å². The van der Waals surface area contributed by atoms with Crippen molar-refractivity contribution in [2.75, 3.05) is 0 Å². The van der Waals surface area contributed by atoms with Crippen LogP contribution in [0.2, 0.25) is 0 Å². The van der Waals surface area contributed by atoms with Crippen molar-refractivity contribution in [3.63, 3.8) is 0 Å². The normalized spacial score (nSPS) is 20.6. The van der Waals surface area contributed by atoms with Crippen LogP contribution in [0, 0.1) is 0 Å². The van der Waals surface area contributed by atoms with Crippen molar-refractivity contribution >= 4 is 11.5 Å². The highest BCUT2D eigenvalue weighted by Crippen LogP contribution is 2.42. The standard InChI is InChI=1S/C21H18O2/c22-18-12-7-13-19-21(18)17(15-8-3-1-4-9-15)14-20(23-19)16-10-5-2-6-11-16/h1-6,8-11,14,17H,7,12-13H2. The van der Waals surface area contributed by atoms with Gasteiger partial charge in [-0.3, -0.25) is 4.79 Å². The van der Waals surface area contributed by atoms with Gasteiger partial charge in [-0.05, 0) is 18.1 Å². The Hall–Kier alpha value is -2.61. The zero-order valence-corrected chi connectivity index (χ0v) is 12.9. The number of hydrogen-bond acceptors (Lipinski definition) is 2. The number of benzene rings is 2. The van der Waals surface area contributed by atoms with E-state index in [9.17, 15) is 4.79 Å². The number of ether oxygens (including phenoxy) is 1. The fraction of sp³-hybridized carbons (Fsp3) is 0.190. The third-order valence-electron chi connectivity index (χ3n) is 4.49. The van der Waals surface area contributed by atoms with E-state index in [0.29, 0.717) is 6.42 Å². The number of hydrogen-bond donors (Lipinski definition) is 0. The summed E-state index contributed by atoms with van der Waals surface area (Å²) in [6.07, 6.45) is 4.43. The lowest BCUT2D eigenvalue weighted by molar-refractivity contribution is -0.116. The van der Waals surface area contributed by atoms with E-state index in [-0.39, 0.29) is 11.7 Å². The molecule has 0 radical (unpaired) electrons. The highest BCUT2D eigenvalue weighted by Gasteiger charge is 2.33. The molecule has 1 aliphatic carbocycles. The van der Waals surface area contributed by atoms with Gasteiger partial charge in [-0.2, -0.15) is 0 Å². The van der Waals surface area contributed by atoms with E-state index in [4.69, 9.17) is 4.74 Å². The van der Waals surface area contributed by atoms with E-state index < -0.39 is 0 Å². The molecule has 1 unspecified atom stereocenters. The Morgan fingerprint density at radius 1 is 0.870 bits per heavy atom. The lowest BCUT2D eigenvalue weighted by atomic mass is 9.81. The molecule has 1 aliphatic heterocycles. The van der Waals surface area contributed by atoms with Gasteiger partial charge in [0.15, 0.2) is 5.78 Å². The molecule has 2 aromatic carbocycles. The topological polar surface area (TPSA) is 26.3 Å². The molecule has 1 atom stereocenters. The second kappa shape index (κ2) is 5.88. The number of carbonyl (C=O) groups excluding carboxylic acids is 1. The summed E-state index contributed by atoms with van der Waals surface area (Å²) in [4.78, 5) is 12.5. The minimum Gasteiger partial charge on any atom is -0.461 e. The summed E-state index contributed by atoms with van der Waals surface area (Å²) in [5.74, 6) is 1.93. The van der Waals surface area contributed by atoms with Gasteiger partial charge in [0.25, 0.3) is 0 Å². The predicted molar refractivity (Wildman–Crippen MR) is 90.6 cm³/mol. The molecule has 0 amide bonds. The molecule has 2 aromatic rings. The van der Waals surface area contributed by atoms with Crippen LogP contribution in [0.4, 0.5) is 0 Å². The Morgan fingerprint density at radius 2 is 1.57 bits per heavy atom. The highest BCUT2D eigenvalue weighted by molar-refractivity contribution is 5.99. The lowest BCUT2D eigenvalue weighted by Crippen LogP contribution is -2.21. The molecule has 0 saturated heterocycles. The van der Waals surface area contributed by atoms with Crippen LogP contribution in [0.1, 0.15) is 36.3 Å². The van der Waals surface area contributed by atoms with E-state index in [1.54, 1.807) is 0 Å². The van der Waals surface area contributed by atoms with Crippen molar-refractivity contribution in [2.24, 2.45) is 0 Å². The minimum absolute atomic E-state index is 0.0112. The largest absolute Gasteiger partial charge is 0.461 e. The van der Waals surface area contributed by atoms with Crippen molar-refractivity contribution in [3.8, 4) is 0 Å². The van der Waals surface area contributed by atoms with Gasteiger partial charge in [0.1, 0.15) is 11.5 Å². The minimum atomic E-state index is -0.0112. The van der Waals surface area contributed by atoms with Crippen molar-refractivity contribution < 1.29 is 9.53 Å². The smallest absolute Gasteiger partial charge is 0.163 e. The Balaban J connectivity index is 1.83. The monoisotopic (exact) mass is 302 g/mol. The number of Topliss-reactive ketones (excluding diaryl/α,β-unsaturated/α-hetero) is 1. The molecule has 0 bridgehead atoms. The summed E-state index contributed by atoms with van der Waals surface area (Å²) < 4.78 is 6.12. The Bertz CT molecular complexity index is 785. The van der Waals surface area contributed by atoms with E-state index in [2.05, 4.69) is 18.2 Å². The Labute approximate surface area is 136 Å². The third kappa shape index (κ3) is 2.61. The first-order valence-corrected chi connectivity index (χ1v) is 8.09. The number of carbonyl (C=O) groups is 1. The van der Waals surface area contributed by atoms with Gasteiger partial charge in [0.2, 0.25) is 0 Å². The van der Waals surface area contributed by atoms with E-state index >= 15 is 0 Å². The molecule has 0 fully saturated rings. The van der Waals surface area contributed by atoms with E-state index in [1.165, 1.54) is 0 Å². The first kappa shape index (κ1) is 14.0. The summed E-state index contributed by atoms with van der Waals surface area (Å²) in [7, 11) is 0. The quantitative estimate of drug-likeness (QED) is 0.792. The van der Waals surface area contributed by atoms with Gasteiger partial charge in [-0.1, -0.05) is 60.7 Å². The average molecular weight is 302 g/mol. The van der Waals surface area contributed by atoms with Crippen LogP contribution in [0.5, 0.6) is 0 Å². The molecular weight excluding hydrogens is 284 g/mol. The number of rotatable bonds is 2. The van der Waals surface area contributed by atoms with Gasteiger partial charge in [0, 0.05) is 29.9 Å². The van der Waals surface area contributed by atoms with Crippen molar-refractivity contribution in [1.82, 2.24) is 0 Å². The molecule has 2 aliphatic rings. The maximum atomic E-state index is 12.5. The van der Waals surface area contributed by atoms with Crippen LogP contribution in [-0.2, 0) is 9.53 Å². The second-order valence-corrected chi connectivity index (χ2v) is 6.00. The van der Waals surface area contributed by atoms with Gasteiger partial charge in [0.05, 0.1) is 0 Å². The van der Waals surface area contributed by atoms with Crippen LogP contribution in [0.25, 0.3) is 5.76 Å². The van der Waals surface area contributed by atoms with E-state index in [0.717, 1.165) is 41.1 Å². The maximum absolute atomic E-state index is 12.5. The summed E-state index contributed by atoms with van der Waals surface area (Å²) in [5.41, 5.74) is 3.05. The fourth-order valence-electron chi connectivity index (χ4n) is 3.37. The van der Waals surface area contributed by atoms with Gasteiger partial charge >= 0.3 is 0 Å². The third-order valence-corrected chi connectivity index (χ3v) is 4.49. The molecule has 0 aromatic heterocycles. The molecule has 23 heavy (non-hydrogen) atoms. The summed E-state index contributed by atoms with van der Waals surface area (Å²) in [5, 5.41) is 0. The van der Waals surface area contributed by atoms with Crippen LogP contribution in [0.3, 0.4) is 0 Å². The highest BCUT2D eigenvalue weighted by atomic mass is 16.5. The van der Waals surface area contributed by atoms with Crippen molar-refractivity contribution in [2.45, 2.75) is 25.2 Å². The fourth-order valence-corrected chi connectivity index (χ4v) is 3.37. The molecule has 4 rings (SSSR count). The number of ketones is 1. The molecule has 0 spiro atoms. The maximum Gasteiger partial charge on any atom is 0.163 e. The molecular formula is C21H18O2. The first-order chi connectivity index (χ1) is 11.3. The van der Waals surface area contributed by atoms with Crippen LogP contribution in [-0.4, -0.2) is 5.78 Å². The predicted octanol–water partition coefficient (Wildman–Crippen LogP) is 4.85. The summed E-state index contributed by atoms with van der Waals surface area (Å²) in [6.45, 7) is 0. The summed E-state index contributed by atoms with van der Waals surface area (Å²) in [6, 6.07) is 20.3. The van der Waals surface area contributed by atoms with Crippen molar-refractivity contribution in [1.29, 1.82) is 0 Å². The van der Waals surface area contributed by atoms with Crippen LogP contribution >= 0.6 is 0 Å². The van der Waals surface area contributed by atoms with Gasteiger partial charge < -0.3 is 4.74 Å². The second-order valence-electron chi connectivity index (χ2n) is 6.00. The van der Waals surface area contributed by atoms with Crippen molar-refractivity contribution in [3.05, 3.63) is 89.2 Å². The molecule has 2 heteroatoms. The zero-order chi connectivity index (χ0) is 15.6.